The lowest BCUT2D eigenvalue weighted by molar-refractivity contribution is -0.120. The number of aliphatic hydroxyl groups is 1. The van der Waals surface area contributed by atoms with Crippen LogP contribution in [0.2, 0.25) is 0 Å². The molecule has 3 amide bonds. The van der Waals surface area contributed by atoms with Crippen molar-refractivity contribution in [3.63, 3.8) is 0 Å². The molecule has 1 saturated heterocycles. The number of carbonyl (C=O) groups excluding carboxylic acids is 5. The number of aliphatic hydroxyl groups excluding tert-OH is 1. The Kier molecular flexibility index (Phi) is 15.8. The van der Waals surface area contributed by atoms with E-state index in [0.29, 0.717) is 24.4 Å². The SMILES string of the molecule is CO[C@@H]1/C=C\C=C(\C)C(=O)NC2=CC(=O)C(NC(=O)c3ccc(CCN4CCOCC4)cc3)=C(C[C@@H](C)C[C@@H](OC)[C@@H](O)[C@@H](C)/C=C(/C)[C@H]1OC(N)=O)C2=O. The number of benzene rings is 1. The molecule has 1 fully saturated rings. The Hall–Kier alpha value is -4.73. The molecule has 4 rings (SSSR count). The van der Waals surface area contributed by atoms with E-state index < -0.39 is 59.8 Å². The molecule has 2 bridgehead atoms. The van der Waals surface area contributed by atoms with Crippen LogP contribution in [0.5, 0.6) is 0 Å². The lowest BCUT2D eigenvalue weighted by Crippen LogP contribution is -2.38. The zero-order chi connectivity index (χ0) is 40.2. The minimum Gasteiger partial charge on any atom is -0.439 e. The van der Waals surface area contributed by atoms with Crippen LogP contribution in [-0.2, 0) is 39.8 Å². The number of nitrogens with two attached hydrogens (primary N) is 1. The van der Waals surface area contributed by atoms with Gasteiger partial charge in [0.2, 0.25) is 11.6 Å². The highest BCUT2D eigenvalue weighted by molar-refractivity contribution is 6.24. The summed E-state index contributed by atoms with van der Waals surface area (Å²) in [5.74, 6) is -3.34. The monoisotopic (exact) mass is 762 g/mol. The number of morpholine rings is 1. The predicted octanol–water partition coefficient (Wildman–Crippen LogP) is 3.07. The van der Waals surface area contributed by atoms with Crippen molar-refractivity contribution in [2.45, 2.75) is 71.4 Å². The van der Waals surface area contributed by atoms with Gasteiger partial charge in [0.25, 0.3) is 11.8 Å². The zero-order valence-corrected chi connectivity index (χ0v) is 32.5. The average molecular weight is 763 g/mol. The summed E-state index contributed by atoms with van der Waals surface area (Å²) in [4.78, 5) is 68.7. The Labute approximate surface area is 322 Å². The topological polar surface area (TPSA) is 196 Å². The lowest BCUT2D eigenvalue weighted by Gasteiger charge is -2.30. The number of amides is 3. The molecule has 0 unspecified atom stereocenters. The summed E-state index contributed by atoms with van der Waals surface area (Å²) in [6.07, 6.45) is 3.84. The van der Waals surface area contributed by atoms with Crippen LogP contribution in [0.15, 0.2) is 82.8 Å². The van der Waals surface area contributed by atoms with Gasteiger partial charge in [0, 0.05) is 62.6 Å². The molecule has 1 aromatic rings. The average Bonchev–Trinajstić information content (AvgIpc) is 3.16. The minimum atomic E-state index is -1.04. The second-order valence-corrected chi connectivity index (χ2v) is 14.3. The molecule has 0 radical (unpaired) electrons. The van der Waals surface area contributed by atoms with Crippen LogP contribution in [0.4, 0.5) is 4.79 Å². The van der Waals surface area contributed by atoms with E-state index in [2.05, 4.69) is 15.5 Å². The van der Waals surface area contributed by atoms with E-state index >= 15 is 0 Å². The molecule has 5 N–H and O–H groups in total. The second kappa shape index (κ2) is 20.3. The Morgan fingerprint density at radius 2 is 1.75 bits per heavy atom. The smallest absolute Gasteiger partial charge is 0.405 e. The summed E-state index contributed by atoms with van der Waals surface area (Å²) in [5.41, 5.74) is 7.10. The number of nitrogens with one attached hydrogen (secondary N) is 2. The maximum atomic E-state index is 14.0. The van der Waals surface area contributed by atoms with Gasteiger partial charge in [0.05, 0.1) is 36.8 Å². The van der Waals surface area contributed by atoms with Gasteiger partial charge in [0.1, 0.15) is 6.10 Å². The molecule has 2 heterocycles. The van der Waals surface area contributed by atoms with E-state index in [0.717, 1.165) is 37.7 Å². The number of Topliss-reactive ketones (excluding diaryl/α,β-unsaturated/α-hetero) is 1. The quantitative estimate of drug-likeness (QED) is 0.225. The van der Waals surface area contributed by atoms with Crippen molar-refractivity contribution in [1.29, 1.82) is 0 Å². The lowest BCUT2D eigenvalue weighted by atomic mass is 9.85. The van der Waals surface area contributed by atoms with Gasteiger partial charge in [-0.2, -0.15) is 0 Å². The zero-order valence-electron chi connectivity index (χ0n) is 32.5. The normalized spacial score (nSPS) is 28.9. The summed E-state index contributed by atoms with van der Waals surface area (Å²) in [6, 6.07) is 7.11. The number of allylic oxidation sites excluding steroid dienone is 4. The van der Waals surface area contributed by atoms with Gasteiger partial charge in [-0.15, -0.1) is 0 Å². The van der Waals surface area contributed by atoms with Crippen LogP contribution >= 0.6 is 0 Å². The summed E-state index contributed by atoms with van der Waals surface area (Å²) in [7, 11) is 2.88. The summed E-state index contributed by atoms with van der Waals surface area (Å²) in [5, 5.41) is 16.7. The van der Waals surface area contributed by atoms with Crippen LogP contribution in [0.25, 0.3) is 0 Å². The third-order valence-electron chi connectivity index (χ3n) is 10.1. The van der Waals surface area contributed by atoms with Crippen molar-refractivity contribution in [3.05, 3.63) is 93.9 Å². The molecule has 6 atom stereocenters. The minimum absolute atomic E-state index is 0.0192. The van der Waals surface area contributed by atoms with Crippen LogP contribution in [0.3, 0.4) is 0 Å². The second-order valence-electron chi connectivity index (χ2n) is 14.3. The number of fused-ring (bicyclic) bond motifs is 2. The van der Waals surface area contributed by atoms with Crippen molar-refractivity contribution >= 4 is 29.5 Å². The molecule has 55 heavy (non-hydrogen) atoms. The molecule has 2 aliphatic heterocycles. The first-order valence-electron chi connectivity index (χ1n) is 18.5. The maximum Gasteiger partial charge on any atom is 0.405 e. The third-order valence-corrected chi connectivity index (χ3v) is 10.1. The van der Waals surface area contributed by atoms with Gasteiger partial charge >= 0.3 is 6.09 Å². The molecular formula is C41H54N4O10. The Bertz CT molecular complexity index is 1740. The van der Waals surface area contributed by atoms with E-state index in [1.165, 1.54) is 33.3 Å². The first-order valence-corrected chi connectivity index (χ1v) is 18.5. The van der Waals surface area contributed by atoms with E-state index in [9.17, 15) is 29.1 Å². The number of methoxy groups -OCH3 is 2. The number of ketones is 2. The van der Waals surface area contributed by atoms with Gasteiger partial charge < -0.3 is 40.4 Å². The highest BCUT2D eigenvalue weighted by atomic mass is 16.6. The Morgan fingerprint density at radius 3 is 2.38 bits per heavy atom. The molecule has 1 aromatic carbocycles. The van der Waals surface area contributed by atoms with Crippen LogP contribution in [0.1, 0.15) is 56.5 Å². The first kappa shape index (κ1) is 43.0. The van der Waals surface area contributed by atoms with Gasteiger partial charge in [-0.25, -0.2) is 4.79 Å². The van der Waals surface area contributed by atoms with E-state index in [1.54, 1.807) is 38.1 Å². The number of hydrogen-bond donors (Lipinski definition) is 4. The molecular weight excluding hydrogens is 708 g/mol. The fourth-order valence-corrected chi connectivity index (χ4v) is 6.84. The van der Waals surface area contributed by atoms with E-state index in [-0.39, 0.29) is 41.3 Å². The molecule has 0 saturated carbocycles. The van der Waals surface area contributed by atoms with E-state index in [4.69, 9.17) is 24.7 Å². The maximum absolute atomic E-state index is 14.0. The predicted molar refractivity (Wildman–Crippen MR) is 204 cm³/mol. The fraction of sp³-hybridized carbons (Fsp3) is 0.488. The van der Waals surface area contributed by atoms with Gasteiger partial charge in [-0.3, -0.25) is 24.1 Å². The first-order chi connectivity index (χ1) is 26.2. The molecule has 298 valence electrons. The van der Waals surface area contributed by atoms with E-state index in [1.807, 2.05) is 19.1 Å². The van der Waals surface area contributed by atoms with Gasteiger partial charge in [-0.1, -0.05) is 50.3 Å². The van der Waals surface area contributed by atoms with Crippen molar-refractivity contribution in [2.24, 2.45) is 17.6 Å². The molecule has 14 heteroatoms. The number of nitrogens with zero attached hydrogens (tertiary/aromatic N) is 1. The summed E-state index contributed by atoms with van der Waals surface area (Å²) < 4.78 is 22.1. The Morgan fingerprint density at radius 1 is 1.05 bits per heavy atom. The van der Waals surface area contributed by atoms with Crippen LogP contribution in [0, 0.1) is 11.8 Å². The van der Waals surface area contributed by atoms with Crippen molar-refractivity contribution in [3.8, 4) is 0 Å². The van der Waals surface area contributed by atoms with Crippen LogP contribution < -0.4 is 16.4 Å². The molecule has 3 aliphatic rings. The third kappa shape index (κ3) is 11.9. The number of primary amides is 1. The van der Waals surface area contributed by atoms with Crippen molar-refractivity contribution in [2.75, 3.05) is 47.1 Å². The number of rotatable bonds is 8. The largest absolute Gasteiger partial charge is 0.439 e. The summed E-state index contributed by atoms with van der Waals surface area (Å²) in [6.45, 7) is 10.9. The molecule has 14 nitrogen and oxygen atoms in total. The van der Waals surface area contributed by atoms with Gasteiger partial charge in [0.15, 0.2) is 6.10 Å². The van der Waals surface area contributed by atoms with Crippen LogP contribution in [-0.4, -0.2) is 111 Å². The van der Waals surface area contributed by atoms with Crippen molar-refractivity contribution in [1.82, 2.24) is 15.5 Å². The molecule has 0 aromatic heterocycles. The highest BCUT2D eigenvalue weighted by Gasteiger charge is 2.34. The number of hydrogen-bond acceptors (Lipinski definition) is 11. The number of carbonyl (C=O) groups is 5. The standard InChI is InChI=1S/C41H54N4O10/c1-24-20-30-35(44-40(50)29-12-10-28(11-13-29)14-15-45-16-18-54-19-17-45)32(46)23-31(37(30)48)43-39(49)25(2)8-7-9-33(52-5)38(55-41(42)51)27(4)22-26(3)36(47)34(21-24)53-6/h7-13,22-24,26,33-34,36,38,47H,14-21H2,1-6H3,(H2,42,51)(H,43,49)(H,44,50)/b9-7-,25-8-,27-22-/t24-,26+,33-,34-,36+,38-/m1/s1. The molecule has 0 spiro atoms. The Balaban J connectivity index is 1.65. The highest BCUT2D eigenvalue weighted by Crippen LogP contribution is 2.29. The number of ether oxygens (including phenoxy) is 4. The van der Waals surface area contributed by atoms with Gasteiger partial charge in [-0.05, 0) is 62.3 Å². The molecule has 1 aliphatic carbocycles. The fourth-order valence-electron chi connectivity index (χ4n) is 6.84. The summed E-state index contributed by atoms with van der Waals surface area (Å²) >= 11 is 0. The van der Waals surface area contributed by atoms with Crippen molar-refractivity contribution < 1.29 is 48.0 Å².